The minimum Gasteiger partial charge on any atom is -0.341 e. The van der Waals surface area contributed by atoms with Crippen LogP contribution in [0.1, 0.15) is 17.7 Å². The van der Waals surface area contributed by atoms with Crippen molar-refractivity contribution >= 4 is 29.2 Å². The molecule has 2 aliphatic heterocycles. The summed E-state index contributed by atoms with van der Waals surface area (Å²) in [5, 5.41) is 6.70. The number of nitrogens with one attached hydrogen (secondary N) is 2. The van der Waals surface area contributed by atoms with Crippen LogP contribution in [-0.4, -0.2) is 59.9 Å². The molecule has 7 nitrogen and oxygen atoms in total. The second-order valence-electron chi connectivity index (χ2n) is 5.81. The second kappa shape index (κ2) is 7.10. The van der Waals surface area contributed by atoms with Crippen molar-refractivity contribution < 1.29 is 14.4 Å². The van der Waals surface area contributed by atoms with Crippen LogP contribution in [0.3, 0.4) is 0 Å². The van der Waals surface area contributed by atoms with E-state index in [4.69, 9.17) is 0 Å². The number of imide groups is 1. The quantitative estimate of drug-likeness (QED) is 0.779. The van der Waals surface area contributed by atoms with E-state index in [1.165, 1.54) is 4.88 Å². The van der Waals surface area contributed by atoms with E-state index in [1.54, 1.807) is 16.2 Å². The molecule has 2 fully saturated rings. The van der Waals surface area contributed by atoms with Gasteiger partial charge in [0.1, 0.15) is 6.04 Å². The largest absolute Gasteiger partial charge is 0.341 e. The number of rotatable bonds is 4. The standard InChI is InChI=1S/C15H20N4O3S/c20-13(9-12-14(21)17-15(22)16-12)19-5-2-4-18(6-7-19)10-11-3-1-8-23-11/h1,3,8,12H,2,4-7,9-10H2,(H2,16,17,21,22)/t12-/m0/s1. The van der Waals surface area contributed by atoms with Gasteiger partial charge in [-0.25, -0.2) is 4.79 Å². The fraction of sp³-hybridized carbons (Fsp3) is 0.533. The molecule has 0 spiro atoms. The zero-order chi connectivity index (χ0) is 16.2. The Labute approximate surface area is 138 Å². The minimum atomic E-state index is -0.736. The van der Waals surface area contributed by atoms with E-state index in [9.17, 15) is 14.4 Å². The average molecular weight is 336 g/mol. The first-order valence-corrected chi connectivity index (χ1v) is 8.63. The van der Waals surface area contributed by atoms with Gasteiger partial charge in [0.15, 0.2) is 0 Å². The predicted octanol–water partition coefficient (Wildman–Crippen LogP) is 0.380. The van der Waals surface area contributed by atoms with Gasteiger partial charge in [-0.1, -0.05) is 6.07 Å². The van der Waals surface area contributed by atoms with Gasteiger partial charge in [0.05, 0.1) is 6.42 Å². The summed E-state index contributed by atoms with van der Waals surface area (Å²) in [5.41, 5.74) is 0. The number of hydrogen-bond acceptors (Lipinski definition) is 5. The minimum absolute atomic E-state index is 0.0303. The van der Waals surface area contributed by atoms with E-state index >= 15 is 0 Å². The monoisotopic (exact) mass is 336 g/mol. The highest BCUT2D eigenvalue weighted by molar-refractivity contribution is 7.09. The molecule has 3 heterocycles. The van der Waals surface area contributed by atoms with Crippen molar-refractivity contribution in [3.05, 3.63) is 22.4 Å². The molecular weight excluding hydrogens is 316 g/mol. The van der Waals surface area contributed by atoms with Gasteiger partial charge in [0, 0.05) is 37.6 Å². The topological polar surface area (TPSA) is 81.8 Å². The Morgan fingerprint density at radius 3 is 2.83 bits per heavy atom. The van der Waals surface area contributed by atoms with Gasteiger partial charge in [0.25, 0.3) is 5.91 Å². The number of thiophene rings is 1. The molecule has 23 heavy (non-hydrogen) atoms. The van der Waals surface area contributed by atoms with E-state index in [-0.39, 0.29) is 12.3 Å². The van der Waals surface area contributed by atoms with E-state index < -0.39 is 18.0 Å². The molecule has 2 N–H and O–H groups in total. The van der Waals surface area contributed by atoms with E-state index in [0.717, 1.165) is 26.1 Å². The number of carbonyl (C=O) groups is 3. The molecule has 0 aliphatic carbocycles. The Hall–Kier alpha value is -1.93. The van der Waals surface area contributed by atoms with Crippen LogP contribution >= 0.6 is 11.3 Å². The van der Waals surface area contributed by atoms with Gasteiger partial charge in [0.2, 0.25) is 5.91 Å². The van der Waals surface area contributed by atoms with Gasteiger partial charge in [-0.05, 0) is 17.9 Å². The van der Waals surface area contributed by atoms with Crippen LogP contribution in [0.2, 0.25) is 0 Å². The van der Waals surface area contributed by atoms with E-state index in [1.807, 2.05) is 0 Å². The van der Waals surface area contributed by atoms with Crippen molar-refractivity contribution in [3.8, 4) is 0 Å². The maximum absolute atomic E-state index is 12.4. The van der Waals surface area contributed by atoms with Crippen LogP contribution in [0.5, 0.6) is 0 Å². The van der Waals surface area contributed by atoms with Crippen molar-refractivity contribution in [1.29, 1.82) is 0 Å². The zero-order valence-electron chi connectivity index (χ0n) is 12.8. The molecule has 4 amide bonds. The maximum atomic E-state index is 12.4. The Bertz CT molecular complexity index is 590. The molecule has 0 radical (unpaired) electrons. The van der Waals surface area contributed by atoms with Crippen LogP contribution in [-0.2, 0) is 16.1 Å². The summed E-state index contributed by atoms with van der Waals surface area (Å²) >= 11 is 1.75. The molecule has 0 bridgehead atoms. The number of nitrogens with zero attached hydrogens (tertiary/aromatic N) is 2. The predicted molar refractivity (Wildman–Crippen MR) is 85.9 cm³/mol. The highest BCUT2D eigenvalue weighted by atomic mass is 32.1. The molecule has 2 saturated heterocycles. The van der Waals surface area contributed by atoms with Gasteiger partial charge in [-0.2, -0.15) is 0 Å². The van der Waals surface area contributed by atoms with Crippen molar-refractivity contribution in [2.45, 2.75) is 25.4 Å². The van der Waals surface area contributed by atoms with E-state index in [0.29, 0.717) is 13.1 Å². The Morgan fingerprint density at radius 2 is 2.13 bits per heavy atom. The third kappa shape index (κ3) is 4.08. The highest BCUT2D eigenvalue weighted by Gasteiger charge is 2.32. The number of hydrogen-bond donors (Lipinski definition) is 2. The lowest BCUT2D eigenvalue weighted by molar-refractivity contribution is -0.133. The zero-order valence-corrected chi connectivity index (χ0v) is 13.6. The summed E-state index contributed by atoms with van der Waals surface area (Å²) in [4.78, 5) is 40.5. The first kappa shape index (κ1) is 15.9. The van der Waals surface area contributed by atoms with Crippen molar-refractivity contribution in [1.82, 2.24) is 20.4 Å². The fourth-order valence-corrected chi connectivity index (χ4v) is 3.65. The number of carbonyl (C=O) groups excluding carboxylic acids is 3. The van der Waals surface area contributed by atoms with Gasteiger partial charge >= 0.3 is 6.03 Å². The fourth-order valence-electron chi connectivity index (χ4n) is 2.91. The normalized spacial score (nSPS) is 22.6. The SMILES string of the molecule is O=C1NC(=O)[C@H](CC(=O)N2CCCN(Cc3cccs3)CC2)N1. The molecule has 1 aromatic heterocycles. The van der Waals surface area contributed by atoms with E-state index in [2.05, 4.69) is 33.0 Å². The Balaban J connectivity index is 1.50. The van der Waals surface area contributed by atoms with Crippen LogP contribution in [0.25, 0.3) is 0 Å². The van der Waals surface area contributed by atoms with Crippen molar-refractivity contribution in [3.63, 3.8) is 0 Å². The molecule has 0 saturated carbocycles. The molecular formula is C15H20N4O3S. The first-order valence-electron chi connectivity index (χ1n) is 7.75. The van der Waals surface area contributed by atoms with Crippen LogP contribution in [0.15, 0.2) is 17.5 Å². The lowest BCUT2D eigenvalue weighted by Crippen LogP contribution is -2.40. The maximum Gasteiger partial charge on any atom is 0.322 e. The smallest absolute Gasteiger partial charge is 0.322 e. The lowest BCUT2D eigenvalue weighted by Gasteiger charge is -2.22. The average Bonchev–Trinajstić information content (AvgIpc) is 3.04. The molecule has 0 unspecified atom stereocenters. The summed E-state index contributed by atoms with van der Waals surface area (Å²) in [6.07, 6.45) is 0.947. The van der Waals surface area contributed by atoms with Crippen molar-refractivity contribution in [2.24, 2.45) is 0 Å². The molecule has 3 rings (SSSR count). The number of amides is 4. The summed E-state index contributed by atoms with van der Waals surface area (Å²) in [7, 11) is 0. The molecule has 8 heteroatoms. The first-order chi connectivity index (χ1) is 11.1. The Morgan fingerprint density at radius 1 is 1.26 bits per heavy atom. The summed E-state index contributed by atoms with van der Waals surface area (Å²) in [6.45, 7) is 4.06. The third-order valence-corrected chi connectivity index (χ3v) is 5.00. The summed E-state index contributed by atoms with van der Waals surface area (Å²) < 4.78 is 0. The Kier molecular flexibility index (Phi) is 4.92. The van der Waals surface area contributed by atoms with Crippen molar-refractivity contribution in [2.75, 3.05) is 26.2 Å². The number of urea groups is 1. The molecule has 0 aromatic carbocycles. The van der Waals surface area contributed by atoms with Crippen LogP contribution in [0.4, 0.5) is 4.79 Å². The highest BCUT2D eigenvalue weighted by Crippen LogP contribution is 2.14. The molecule has 2 aliphatic rings. The second-order valence-corrected chi connectivity index (χ2v) is 6.84. The summed E-state index contributed by atoms with van der Waals surface area (Å²) in [6, 6.07) is 2.92. The molecule has 1 aromatic rings. The van der Waals surface area contributed by atoms with Gasteiger partial charge in [-0.3, -0.25) is 19.8 Å². The lowest BCUT2D eigenvalue weighted by atomic mass is 10.2. The van der Waals surface area contributed by atoms with Crippen LogP contribution < -0.4 is 10.6 Å². The summed E-state index contributed by atoms with van der Waals surface area (Å²) in [5.74, 6) is -0.497. The van der Waals surface area contributed by atoms with Gasteiger partial charge in [-0.15, -0.1) is 11.3 Å². The van der Waals surface area contributed by atoms with Gasteiger partial charge < -0.3 is 10.2 Å². The third-order valence-electron chi connectivity index (χ3n) is 4.14. The van der Waals surface area contributed by atoms with Crippen LogP contribution in [0, 0.1) is 0 Å². The molecule has 124 valence electrons. The molecule has 1 atom stereocenters.